The fraction of sp³-hybridized carbons (Fsp3) is 0. The summed E-state index contributed by atoms with van der Waals surface area (Å²) >= 11 is 1.90. The summed E-state index contributed by atoms with van der Waals surface area (Å²) < 4.78 is 7.56. The Morgan fingerprint density at radius 2 is 1.02 bits per heavy atom. The maximum absolute atomic E-state index is 2.52. The summed E-state index contributed by atoms with van der Waals surface area (Å²) in [7, 11) is 0. The van der Waals surface area contributed by atoms with Crippen molar-refractivity contribution in [1.82, 2.24) is 9.13 Å². The van der Waals surface area contributed by atoms with Gasteiger partial charge >= 0.3 is 0 Å². The van der Waals surface area contributed by atoms with Crippen LogP contribution in [0, 0.1) is 0 Å². The summed E-state index contributed by atoms with van der Waals surface area (Å²) in [5, 5.41) is 10.1. The van der Waals surface area contributed by atoms with Gasteiger partial charge in [-0.2, -0.15) is 0 Å². The lowest BCUT2D eigenvalue weighted by Crippen LogP contribution is -1.95. The number of hydrogen-bond acceptors (Lipinski definition) is 1. The molecule has 0 amide bonds. The maximum atomic E-state index is 2.52. The smallest absolute Gasteiger partial charge is 0.0726 e. The summed E-state index contributed by atoms with van der Waals surface area (Å²) in [6.45, 7) is 0. The van der Waals surface area contributed by atoms with Gasteiger partial charge < -0.3 is 9.13 Å². The van der Waals surface area contributed by atoms with Gasteiger partial charge in [-0.15, -0.1) is 11.3 Å². The van der Waals surface area contributed by atoms with Crippen molar-refractivity contribution in [2.24, 2.45) is 0 Å². The van der Waals surface area contributed by atoms with Gasteiger partial charge in [0.05, 0.1) is 26.8 Å². The van der Waals surface area contributed by atoms with Gasteiger partial charge in [0.1, 0.15) is 0 Å². The normalized spacial score (nSPS) is 12.0. The second-order valence-corrected chi connectivity index (χ2v) is 15.6. The van der Waals surface area contributed by atoms with E-state index in [4.69, 9.17) is 0 Å². The van der Waals surface area contributed by atoms with Gasteiger partial charge in [-0.1, -0.05) is 133 Å². The number of rotatable bonds is 4. The summed E-state index contributed by atoms with van der Waals surface area (Å²) in [5.41, 5.74) is 12.1. The third-order valence-electron chi connectivity index (χ3n) is 11.5. The minimum absolute atomic E-state index is 1.16. The zero-order valence-corrected chi connectivity index (χ0v) is 30.6. The van der Waals surface area contributed by atoms with Gasteiger partial charge in [0.25, 0.3) is 0 Å². The Morgan fingerprint density at radius 3 is 1.89 bits per heavy atom. The van der Waals surface area contributed by atoms with Crippen LogP contribution >= 0.6 is 11.3 Å². The number of nitrogens with zero attached hydrogens (tertiary/aromatic N) is 2. The SMILES string of the molecule is c1ccc(-c2cccc(-n3c4ccccc4c4c(-c5ccc6c(c5)c5ccccc5n6-c5ccc6ccccc6c5)cc5c6ccccc6sc5c43)c2)cc1. The van der Waals surface area contributed by atoms with Crippen LogP contribution in [0.15, 0.2) is 194 Å². The average molecular weight is 717 g/mol. The Bertz CT molecular complexity index is 3490. The predicted octanol–water partition coefficient (Wildman–Crippen LogP) is 14.7. The molecule has 12 aromatic rings. The fourth-order valence-electron chi connectivity index (χ4n) is 9.01. The molecule has 0 aliphatic rings. The third-order valence-corrected chi connectivity index (χ3v) is 12.7. The number of hydrogen-bond donors (Lipinski definition) is 0. The topological polar surface area (TPSA) is 9.86 Å². The number of fused-ring (bicyclic) bond motifs is 11. The van der Waals surface area contributed by atoms with E-state index >= 15 is 0 Å². The lowest BCUT2D eigenvalue weighted by Gasteiger charge is -2.13. The second kappa shape index (κ2) is 11.8. The van der Waals surface area contributed by atoms with Gasteiger partial charge in [-0.05, 0) is 93.7 Å². The molecule has 0 saturated carbocycles. The molecule has 0 aliphatic heterocycles. The number of benzene rings is 9. The molecule has 9 aromatic carbocycles. The molecule has 0 spiro atoms. The summed E-state index contributed by atoms with van der Waals surface area (Å²) in [6.07, 6.45) is 0. The van der Waals surface area contributed by atoms with E-state index in [0.717, 1.165) is 5.69 Å². The van der Waals surface area contributed by atoms with E-state index in [0.29, 0.717) is 0 Å². The molecule has 256 valence electrons. The van der Waals surface area contributed by atoms with Crippen LogP contribution in [-0.2, 0) is 0 Å². The highest BCUT2D eigenvalue weighted by Crippen LogP contribution is 2.48. The van der Waals surface area contributed by atoms with Crippen molar-refractivity contribution in [1.29, 1.82) is 0 Å². The number of aromatic nitrogens is 2. The molecule has 3 heterocycles. The molecule has 0 atom stereocenters. The molecule has 0 bridgehead atoms. The zero-order valence-electron chi connectivity index (χ0n) is 29.8. The van der Waals surface area contributed by atoms with Gasteiger partial charge in [0, 0.05) is 48.4 Å². The highest BCUT2D eigenvalue weighted by Gasteiger charge is 2.23. The van der Waals surface area contributed by atoms with Crippen LogP contribution in [0.5, 0.6) is 0 Å². The molecule has 0 aliphatic carbocycles. The van der Waals surface area contributed by atoms with E-state index in [9.17, 15) is 0 Å². The van der Waals surface area contributed by atoms with Crippen molar-refractivity contribution in [3.05, 3.63) is 194 Å². The fourth-order valence-corrected chi connectivity index (χ4v) is 10.2. The summed E-state index contributed by atoms with van der Waals surface area (Å²) in [4.78, 5) is 0. The Morgan fingerprint density at radius 1 is 0.345 bits per heavy atom. The van der Waals surface area contributed by atoms with E-state index < -0.39 is 0 Å². The monoisotopic (exact) mass is 716 g/mol. The molecule has 0 saturated heterocycles. The van der Waals surface area contributed by atoms with Crippen LogP contribution in [0.1, 0.15) is 0 Å². The molecule has 3 aromatic heterocycles. The van der Waals surface area contributed by atoms with Crippen molar-refractivity contribution < 1.29 is 0 Å². The van der Waals surface area contributed by atoms with E-state index in [2.05, 4.69) is 203 Å². The molecule has 55 heavy (non-hydrogen) atoms. The standard InChI is InChI=1S/C52H32N2S/c1-2-13-33(14-3-1)36-17-12-18-38(29-36)54-47-23-10-7-21-42(47)50-43(32-45-41-20-8-11-24-49(41)55-52(45)51(50)54)37-26-28-48-44(31-37)40-19-6-9-22-46(40)53(48)39-27-25-34-15-4-5-16-35(34)30-39/h1-32H. The summed E-state index contributed by atoms with van der Waals surface area (Å²) in [5.74, 6) is 0. The van der Waals surface area contributed by atoms with Gasteiger partial charge in [-0.3, -0.25) is 0 Å². The molecule has 12 rings (SSSR count). The first-order valence-corrected chi connectivity index (χ1v) is 19.7. The van der Waals surface area contributed by atoms with Crippen molar-refractivity contribution in [3.8, 4) is 33.6 Å². The lowest BCUT2D eigenvalue weighted by atomic mass is 9.95. The Hall–Kier alpha value is -6.94. The van der Waals surface area contributed by atoms with Gasteiger partial charge in [0.15, 0.2) is 0 Å². The first kappa shape index (κ1) is 30.5. The third kappa shape index (κ3) is 4.54. The molecule has 0 N–H and O–H groups in total. The molecule has 0 unspecified atom stereocenters. The van der Waals surface area contributed by atoms with Crippen molar-refractivity contribution >= 4 is 85.9 Å². The minimum atomic E-state index is 1.16. The van der Waals surface area contributed by atoms with E-state index in [-0.39, 0.29) is 0 Å². The van der Waals surface area contributed by atoms with Gasteiger partial charge in [-0.25, -0.2) is 0 Å². The predicted molar refractivity (Wildman–Crippen MR) is 236 cm³/mol. The van der Waals surface area contributed by atoms with E-state index in [1.165, 1.54) is 102 Å². The highest BCUT2D eigenvalue weighted by atomic mass is 32.1. The molecular weight excluding hydrogens is 685 g/mol. The molecule has 3 heteroatoms. The molecule has 0 fully saturated rings. The van der Waals surface area contributed by atoms with E-state index in [1.54, 1.807) is 0 Å². The van der Waals surface area contributed by atoms with Crippen LogP contribution in [0.4, 0.5) is 0 Å². The van der Waals surface area contributed by atoms with Crippen LogP contribution in [0.25, 0.3) is 108 Å². The first-order chi connectivity index (χ1) is 27.3. The number of thiophene rings is 1. The minimum Gasteiger partial charge on any atom is -0.309 e. The average Bonchev–Trinajstić information content (AvgIpc) is 3.91. The Balaban J connectivity index is 1.18. The lowest BCUT2D eigenvalue weighted by molar-refractivity contribution is 1.19. The first-order valence-electron chi connectivity index (χ1n) is 18.8. The van der Waals surface area contributed by atoms with E-state index in [1.807, 2.05) is 11.3 Å². The largest absolute Gasteiger partial charge is 0.309 e. The maximum Gasteiger partial charge on any atom is 0.0726 e. The van der Waals surface area contributed by atoms with Crippen LogP contribution in [0.3, 0.4) is 0 Å². The van der Waals surface area contributed by atoms with Crippen LogP contribution < -0.4 is 0 Å². The van der Waals surface area contributed by atoms with Crippen molar-refractivity contribution in [3.63, 3.8) is 0 Å². The quantitative estimate of drug-likeness (QED) is 0.172. The zero-order chi connectivity index (χ0) is 36.0. The van der Waals surface area contributed by atoms with Crippen LogP contribution in [0.2, 0.25) is 0 Å². The molecular formula is C52H32N2S. The highest BCUT2D eigenvalue weighted by molar-refractivity contribution is 7.26. The molecule has 2 nitrogen and oxygen atoms in total. The van der Waals surface area contributed by atoms with Crippen molar-refractivity contribution in [2.45, 2.75) is 0 Å². The second-order valence-electron chi connectivity index (χ2n) is 14.5. The Labute approximate surface area is 321 Å². The van der Waals surface area contributed by atoms with Crippen molar-refractivity contribution in [2.75, 3.05) is 0 Å². The van der Waals surface area contributed by atoms with Gasteiger partial charge in [0.2, 0.25) is 0 Å². The number of para-hydroxylation sites is 2. The molecule has 0 radical (unpaired) electrons. The summed E-state index contributed by atoms with van der Waals surface area (Å²) in [6, 6.07) is 71.4. The Kier molecular flexibility index (Phi) is 6.54. The van der Waals surface area contributed by atoms with Crippen LogP contribution in [-0.4, -0.2) is 9.13 Å².